The van der Waals surface area contributed by atoms with Crippen molar-refractivity contribution in [2.24, 2.45) is 0 Å². The monoisotopic (exact) mass is 302 g/mol. The normalized spacial score (nSPS) is 12.9. The topological polar surface area (TPSA) is 56.4 Å². The van der Waals surface area contributed by atoms with Gasteiger partial charge in [0.2, 0.25) is 12.5 Å². The number of methoxy groups -OCH3 is 1. The number of imidazole rings is 1. The van der Waals surface area contributed by atoms with Crippen molar-refractivity contribution < 1.29 is 14.2 Å². The van der Waals surface area contributed by atoms with E-state index >= 15 is 0 Å². The second kappa shape index (κ2) is 4.56. The van der Waals surface area contributed by atoms with Crippen LogP contribution in [0.25, 0.3) is 22.4 Å². The Morgan fingerprint density at radius 2 is 2.14 bits per heavy atom. The van der Waals surface area contributed by atoms with Crippen molar-refractivity contribution in [2.75, 3.05) is 13.9 Å². The van der Waals surface area contributed by atoms with Crippen LogP contribution in [0.1, 0.15) is 0 Å². The second-order valence-electron chi connectivity index (χ2n) is 4.66. The highest BCUT2D eigenvalue weighted by atomic mass is 35.5. The molecule has 1 aromatic heterocycles. The van der Waals surface area contributed by atoms with Gasteiger partial charge in [0, 0.05) is 10.6 Å². The van der Waals surface area contributed by atoms with Crippen molar-refractivity contribution in [3.63, 3.8) is 0 Å². The number of hydrogen-bond donors (Lipinski definition) is 1. The highest BCUT2D eigenvalue weighted by molar-refractivity contribution is 6.31. The first-order valence-electron chi connectivity index (χ1n) is 6.38. The van der Waals surface area contributed by atoms with Gasteiger partial charge in [0.05, 0.1) is 18.1 Å². The minimum atomic E-state index is 0.199. The van der Waals surface area contributed by atoms with Gasteiger partial charge >= 0.3 is 0 Å². The molecular formula is C15H11ClN2O3. The fourth-order valence-corrected chi connectivity index (χ4v) is 2.56. The van der Waals surface area contributed by atoms with Gasteiger partial charge in [0.1, 0.15) is 5.82 Å². The molecule has 0 unspecified atom stereocenters. The van der Waals surface area contributed by atoms with Crippen LogP contribution in [0.5, 0.6) is 17.2 Å². The van der Waals surface area contributed by atoms with Gasteiger partial charge in [-0.15, -0.1) is 0 Å². The average molecular weight is 303 g/mol. The molecule has 1 N–H and O–H groups in total. The molecule has 0 atom stereocenters. The first-order valence-corrected chi connectivity index (χ1v) is 6.75. The number of aromatic amines is 1. The molecule has 106 valence electrons. The standard InChI is InChI=1S/C15H11ClN2O3/c1-19-12-4-8(5-13-14(12)21-7-20-13)15-17-10-3-2-9(16)6-11(10)18-15/h2-6H,7H2,1H3,(H,17,18). The predicted molar refractivity (Wildman–Crippen MR) is 79.2 cm³/mol. The van der Waals surface area contributed by atoms with Gasteiger partial charge in [-0.25, -0.2) is 4.98 Å². The van der Waals surface area contributed by atoms with Crippen LogP contribution >= 0.6 is 11.6 Å². The Kier molecular flexibility index (Phi) is 2.68. The molecule has 1 aliphatic rings. The molecule has 0 bridgehead atoms. The molecule has 0 radical (unpaired) electrons. The Morgan fingerprint density at radius 3 is 3.00 bits per heavy atom. The molecule has 3 aromatic rings. The highest BCUT2D eigenvalue weighted by Gasteiger charge is 2.21. The van der Waals surface area contributed by atoms with E-state index in [9.17, 15) is 0 Å². The Labute approximate surface area is 125 Å². The summed E-state index contributed by atoms with van der Waals surface area (Å²) in [4.78, 5) is 7.81. The third-order valence-electron chi connectivity index (χ3n) is 3.38. The zero-order chi connectivity index (χ0) is 14.4. The van der Waals surface area contributed by atoms with Crippen molar-refractivity contribution >= 4 is 22.6 Å². The van der Waals surface area contributed by atoms with Crippen LogP contribution in [0.2, 0.25) is 5.02 Å². The average Bonchev–Trinajstić information content (AvgIpc) is 3.11. The number of benzene rings is 2. The summed E-state index contributed by atoms with van der Waals surface area (Å²) in [7, 11) is 1.60. The van der Waals surface area contributed by atoms with Gasteiger partial charge in [0.25, 0.3) is 0 Å². The van der Waals surface area contributed by atoms with E-state index in [2.05, 4.69) is 9.97 Å². The quantitative estimate of drug-likeness (QED) is 0.785. The summed E-state index contributed by atoms with van der Waals surface area (Å²) in [6.07, 6.45) is 0. The van der Waals surface area contributed by atoms with Gasteiger partial charge in [-0.1, -0.05) is 11.6 Å². The first kappa shape index (κ1) is 12.3. The maximum absolute atomic E-state index is 5.99. The largest absolute Gasteiger partial charge is 0.493 e. The number of rotatable bonds is 2. The van der Waals surface area contributed by atoms with Crippen molar-refractivity contribution in [3.8, 4) is 28.6 Å². The Balaban J connectivity index is 1.88. The number of nitrogens with one attached hydrogen (secondary N) is 1. The second-order valence-corrected chi connectivity index (χ2v) is 5.10. The van der Waals surface area contributed by atoms with Gasteiger partial charge in [-0.2, -0.15) is 0 Å². The lowest BCUT2D eigenvalue weighted by atomic mass is 10.1. The number of halogens is 1. The maximum atomic E-state index is 5.99. The number of hydrogen-bond acceptors (Lipinski definition) is 4. The van der Waals surface area contributed by atoms with Crippen molar-refractivity contribution in [1.82, 2.24) is 9.97 Å². The van der Waals surface area contributed by atoms with Crippen molar-refractivity contribution in [3.05, 3.63) is 35.4 Å². The van der Waals surface area contributed by atoms with E-state index < -0.39 is 0 Å². The third-order valence-corrected chi connectivity index (χ3v) is 3.61. The molecule has 21 heavy (non-hydrogen) atoms. The van der Waals surface area contributed by atoms with E-state index in [0.717, 1.165) is 22.4 Å². The number of aromatic nitrogens is 2. The molecule has 0 spiro atoms. The van der Waals surface area contributed by atoms with Gasteiger partial charge < -0.3 is 19.2 Å². The molecule has 0 fully saturated rings. The van der Waals surface area contributed by atoms with E-state index in [1.165, 1.54) is 0 Å². The fraction of sp³-hybridized carbons (Fsp3) is 0.133. The molecule has 4 rings (SSSR count). The number of ether oxygens (including phenoxy) is 3. The lowest BCUT2D eigenvalue weighted by molar-refractivity contribution is 0.171. The van der Waals surface area contributed by atoms with E-state index in [0.29, 0.717) is 22.3 Å². The Hall–Kier alpha value is -2.40. The highest BCUT2D eigenvalue weighted by Crippen LogP contribution is 2.43. The molecule has 5 nitrogen and oxygen atoms in total. The van der Waals surface area contributed by atoms with E-state index in [4.69, 9.17) is 25.8 Å². The van der Waals surface area contributed by atoms with E-state index in [1.807, 2.05) is 30.3 Å². The predicted octanol–water partition coefficient (Wildman–Crippen LogP) is 3.62. The summed E-state index contributed by atoms with van der Waals surface area (Å²) in [6, 6.07) is 9.28. The summed E-state index contributed by atoms with van der Waals surface area (Å²) in [5.41, 5.74) is 2.60. The molecule has 0 saturated heterocycles. The van der Waals surface area contributed by atoms with Crippen LogP contribution in [-0.2, 0) is 0 Å². The van der Waals surface area contributed by atoms with E-state index in [1.54, 1.807) is 7.11 Å². The molecule has 1 aliphatic heterocycles. The molecule has 2 heterocycles. The van der Waals surface area contributed by atoms with Crippen LogP contribution in [0.15, 0.2) is 30.3 Å². The molecule has 0 amide bonds. The van der Waals surface area contributed by atoms with Crippen LogP contribution in [0.4, 0.5) is 0 Å². The van der Waals surface area contributed by atoms with Crippen LogP contribution in [0.3, 0.4) is 0 Å². The Bertz CT molecular complexity index is 844. The zero-order valence-corrected chi connectivity index (χ0v) is 11.9. The summed E-state index contributed by atoms with van der Waals surface area (Å²) in [5.74, 6) is 2.63. The molecular weight excluding hydrogens is 292 g/mol. The van der Waals surface area contributed by atoms with E-state index in [-0.39, 0.29) is 6.79 Å². The molecule has 0 aliphatic carbocycles. The summed E-state index contributed by atoms with van der Waals surface area (Å²) in [5, 5.41) is 0.668. The third kappa shape index (κ3) is 1.97. The van der Waals surface area contributed by atoms with Gasteiger partial charge in [-0.3, -0.25) is 0 Å². The molecule has 6 heteroatoms. The summed E-state index contributed by atoms with van der Waals surface area (Å²) < 4.78 is 16.2. The number of fused-ring (bicyclic) bond motifs is 2. The molecule has 0 saturated carbocycles. The molecule has 2 aromatic carbocycles. The summed E-state index contributed by atoms with van der Waals surface area (Å²) in [6.45, 7) is 0.199. The van der Waals surface area contributed by atoms with Crippen LogP contribution < -0.4 is 14.2 Å². The zero-order valence-electron chi connectivity index (χ0n) is 11.1. The summed E-state index contributed by atoms with van der Waals surface area (Å²) >= 11 is 5.99. The van der Waals surface area contributed by atoms with Crippen molar-refractivity contribution in [1.29, 1.82) is 0 Å². The smallest absolute Gasteiger partial charge is 0.231 e. The minimum Gasteiger partial charge on any atom is -0.493 e. The van der Waals surface area contributed by atoms with Crippen LogP contribution in [-0.4, -0.2) is 23.9 Å². The Morgan fingerprint density at radius 1 is 1.24 bits per heavy atom. The van der Waals surface area contributed by atoms with Crippen LogP contribution in [0, 0.1) is 0 Å². The number of nitrogens with zero attached hydrogens (tertiary/aromatic N) is 1. The lowest BCUT2D eigenvalue weighted by Gasteiger charge is -2.06. The van der Waals surface area contributed by atoms with Gasteiger partial charge in [0.15, 0.2) is 11.5 Å². The van der Waals surface area contributed by atoms with Crippen molar-refractivity contribution in [2.45, 2.75) is 0 Å². The lowest BCUT2D eigenvalue weighted by Crippen LogP contribution is -1.93. The van der Waals surface area contributed by atoms with Gasteiger partial charge in [-0.05, 0) is 30.3 Å². The minimum absolute atomic E-state index is 0.199. The maximum Gasteiger partial charge on any atom is 0.231 e. The fourth-order valence-electron chi connectivity index (χ4n) is 2.38. The SMILES string of the molecule is COc1cc(-c2nc3ccc(Cl)cc3[nH]2)cc2c1OCO2. The number of H-pyrrole nitrogens is 1. The first-order chi connectivity index (χ1) is 10.2.